The summed E-state index contributed by atoms with van der Waals surface area (Å²) in [6.07, 6.45) is 4.17. The van der Waals surface area contributed by atoms with Gasteiger partial charge < -0.3 is 0 Å². The fourth-order valence-electron chi connectivity index (χ4n) is 4.83. The molecule has 1 aliphatic carbocycles. The second-order valence-electron chi connectivity index (χ2n) is 8.38. The van der Waals surface area contributed by atoms with Crippen LogP contribution < -0.4 is 4.28 Å². The van der Waals surface area contributed by atoms with Crippen molar-refractivity contribution in [2.45, 2.75) is 35.2 Å². The van der Waals surface area contributed by atoms with Gasteiger partial charge >= 0.3 is 10.1 Å². The predicted octanol–water partition coefficient (Wildman–Crippen LogP) is 4.22. The number of benzene rings is 2. The monoisotopic (exact) mass is 458 g/mol. The van der Waals surface area contributed by atoms with Crippen LogP contribution >= 0.6 is 11.8 Å². The Morgan fingerprint density at radius 2 is 1.90 bits per heavy atom. The first-order valence-electron chi connectivity index (χ1n) is 10.1. The summed E-state index contributed by atoms with van der Waals surface area (Å²) in [6, 6.07) is 12.5. The maximum absolute atomic E-state index is 13.4. The van der Waals surface area contributed by atoms with Gasteiger partial charge in [-0.2, -0.15) is 13.1 Å². The summed E-state index contributed by atoms with van der Waals surface area (Å²) in [6.45, 7) is 3.06. The summed E-state index contributed by atoms with van der Waals surface area (Å²) >= 11 is 1.40. The van der Waals surface area contributed by atoms with Crippen LogP contribution in [0.1, 0.15) is 24.0 Å². The normalized spacial score (nSPS) is 21.1. The highest BCUT2D eigenvalue weighted by Gasteiger charge is 2.38. The van der Waals surface area contributed by atoms with Crippen LogP contribution in [0.15, 0.2) is 64.0 Å². The molecule has 2 unspecified atom stereocenters. The highest BCUT2D eigenvalue weighted by atomic mass is 32.2. The molecule has 1 aliphatic heterocycles. The van der Waals surface area contributed by atoms with Crippen molar-refractivity contribution in [1.29, 1.82) is 0 Å². The molecule has 2 aromatic carbocycles. The van der Waals surface area contributed by atoms with E-state index in [4.69, 9.17) is 4.28 Å². The molecule has 0 amide bonds. The van der Waals surface area contributed by atoms with E-state index in [1.54, 1.807) is 12.1 Å². The summed E-state index contributed by atoms with van der Waals surface area (Å²) < 4.78 is 44.6. The largest absolute Gasteiger partial charge is 0.324 e. The highest BCUT2D eigenvalue weighted by molar-refractivity contribution is 7.99. The summed E-state index contributed by atoms with van der Waals surface area (Å²) in [7, 11) is -1.62. The van der Waals surface area contributed by atoms with Gasteiger partial charge in [-0.1, -0.05) is 35.5 Å². The maximum Gasteiger partial charge on any atom is 0.324 e. The molecule has 0 bridgehead atoms. The van der Waals surface area contributed by atoms with Crippen molar-refractivity contribution in [3.63, 3.8) is 0 Å². The van der Waals surface area contributed by atoms with E-state index in [1.165, 1.54) is 39.8 Å². The van der Waals surface area contributed by atoms with Crippen LogP contribution in [0.2, 0.25) is 0 Å². The Bertz CT molecular complexity index is 1310. The quantitative estimate of drug-likeness (QED) is 0.548. The van der Waals surface area contributed by atoms with Gasteiger partial charge in [0.15, 0.2) is 0 Å². The molecule has 31 heavy (non-hydrogen) atoms. The highest BCUT2D eigenvalue weighted by Crippen LogP contribution is 2.47. The van der Waals surface area contributed by atoms with Gasteiger partial charge in [-0.15, -0.1) is 0 Å². The molecule has 2 aliphatic rings. The standard InChI is InChI=1S/C23H23FN2O3S2/c1-14-11-18-17-5-4-6-20-22(17)19(12-21(18)25(2)13-14)23(26(20)29-31(3,27)28)30-16-9-7-15(24)8-10-16/h4-11,18,21H,12-13H2,1-3H3. The Balaban J connectivity index is 1.75. The van der Waals surface area contributed by atoms with Gasteiger partial charge in [-0.05, 0) is 61.9 Å². The molecule has 1 aromatic heterocycles. The molecule has 5 rings (SSSR count). The molecule has 0 radical (unpaired) electrons. The summed E-state index contributed by atoms with van der Waals surface area (Å²) in [5, 5.41) is 1.77. The van der Waals surface area contributed by atoms with Gasteiger partial charge in [0.05, 0.1) is 11.8 Å². The molecule has 2 atom stereocenters. The first kappa shape index (κ1) is 20.6. The lowest BCUT2D eigenvalue weighted by Crippen LogP contribution is -2.43. The van der Waals surface area contributed by atoms with Gasteiger partial charge in [0.1, 0.15) is 10.8 Å². The van der Waals surface area contributed by atoms with E-state index in [9.17, 15) is 12.8 Å². The van der Waals surface area contributed by atoms with Gasteiger partial charge in [-0.3, -0.25) is 9.18 Å². The minimum absolute atomic E-state index is 0.243. The molecule has 2 heterocycles. The zero-order chi connectivity index (χ0) is 21.9. The Labute approximate surface area is 185 Å². The van der Waals surface area contributed by atoms with Gasteiger partial charge in [0, 0.05) is 28.8 Å². The van der Waals surface area contributed by atoms with Crippen LogP contribution in [0.5, 0.6) is 0 Å². The molecule has 8 heteroatoms. The molecule has 0 spiro atoms. The Kier molecular flexibility index (Phi) is 4.91. The third-order valence-corrected chi connectivity index (χ3v) is 7.53. The average molecular weight is 459 g/mol. The minimum atomic E-state index is -3.76. The molecular weight excluding hydrogens is 435 g/mol. The van der Waals surface area contributed by atoms with E-state index in [0.717, 1.165) is 45.6 Å². The van der Waals surface area contributed by atoms with Crippen molar-refractivity contribution in [3.05, 3.63) is 71.1 Å². The van der Waals surface area contributed by atoms with Crippen LogP contribution in [0.3, 0.4) is 0 Å². The van der Waals surface area contributed by atoms with Crippen LogP contribution in [-0.4, -0.2) is 43.9 Å². The lowest BCUT2D eigenvalue weighted by molar-refractivity contribution is 0.222. The van der Waals surface area contributed by atoms with Crippen LogP contribution in [0.4, 0.5) is 4.39 Å². The number of fused-ring (bicyclic) bond motifs is 2. The molecule has 0 N–H and O–H groups in total. The number of hydrogen-bond donors (Lipinski definition) is 0. The van der Waals surface area contributed by atoms with Crippen molar-refractivity contribution in [1.82, 2.24) is 9.63 Å². The molecule has 0 saturated carbocycles. The number of aromatic nitrogens is 1. The Hall–Kier alpha value is -2.29. The van der Waals surface area contributed by atoms with Crippen LogP contribution in [0.25, 0.3) is 10.9 Å². The third-order valence-electron chi connectivity index (χ3n) is 5.99. The second-order valence-corrected chi connectivity index (χ2v) is 11.0. The zero-order valence-electron chi connectivity index (χ0n) is 17.5. The van der Waals surface area contributed by atoms with Gasteiger partial charge in [-0.25, -0.2) is 4.39 Å². The Morgan fingerprint density at radius 1 is 1.16 bits per heavy atom. The SMILES string of the molecule is CC1=CC2c3cccc4c3c(c(Sc3ccc(F)cc3)n4OS(C)(=O)=O)CC2N(C)C1. The molecule has 3 aromatic rings. The van der Waals surface area contributed by atoms with E-state index in [-0.39, 0.29) is 17.8 Å². The van der Waals surface area contributed by atoms with Crippen molar-refractivity contribution >= 4 is 32.8 Å². The molecule has 0 fully saturated rings. The van der Waals surface area contributed by atoms with E-state index < -0.39 is 10.1 Å². The number of halogens is 1. The van der Waals surface area contributed by atoms with Crippen molar-refractivity contribution in [2.75, 3.05) is 19.8 Å². The van der Waals surface area contributed by atoms with Crippen LogP contribution in [-0.2, 0) is 16.5 Å². The number of rotatable bonds is 4. The maximum atomic E-state index is 13.4. The first-order chi connectivity index (χ1) is 14.7. The van der Waals surface area contributed by atoms with E-state index in [0.29, 0.717) is 0 Å². The molecule has 162 valence electrons. The fourth-order valence-corrected chi connectivity index (χ4v) is 6.33. The minimum Gasteiger partial charge on any atom is -0.298 e. The van der Waals surface area contributed by atoms with E-state index >= 15 is 0 Å². The lowest BCUT2D eigenvalue weighted by atomic mass is 9.77. The van der Waals surface area contributed by atoms with Gasteiger partial charge in [0.25, 0.3) is 0 Å². The third kappa shape index (κ3) is 3.66. The molecular formula is C23H23FN2O3S2. The zero-order valence-corrected chi connectivity index (χ0v) is 19.1. The summed E-state index contributed by atoms with van der Waals surface area (Å²) in [5.41, 5.74) is 4.33. The van der Waals surface area contributed by atoms with E-state index in [1.807, 2.05) is 12.1 Å². The summed E-state index contributed by atoms with van der Waals surface area (Å²) in [5.74, 6) is -0.0672. The van der Waals surface area contributed by atoms with Gasteiger partial charge in [0.2, 0.25) is 0 Å². The molecule has 0 saturated heterocycles. The Morgan fingerprint density at radius 3 is 2.61 bits per heavy atom. The van der Waals surface area contributed by atoms with Crippen molar-refractivity contribution < 1.29 is 17.1 Å². The average Bonchev–Trinajstić information content (AvgIpc) is 2.97. The molecule has 5 nitrogen and oxygen atoms in total. The smallest absolute Gasteiger partial charge is 0.298 e. The predicted molar refractivity (Wildman–Crippen MR) is 121 cm³/mol. The number of likely N-dealkylation sites (N-methyl/N-ethyl adjacent to an activating group) is 1. The van der Waals surface area contributed by atoms with Crippen LogP contribution in [0, 0.1) is 5.82 Å². The first-order valence-corrected chi connectivity index (χ1v) is 12.7. The second kappa shape index (κ2) is 7.39. The number of nitrogens with zero attached hydrogens (tertiary/aromatic N) is 2. The fraction of sp³-hybridized carbons (Fsp3) is 0.304. The van der Waals surface area contributed by atoms with Crippen molar-refractivity contribution in [3.8, 4) is 0 Å². The topological polar surface area (TPSA) is 51.5 Å². The lowest BCUT2D eigenvalue weighted by Gasteiger charge is -2.40. The van der Waals surface area contributed by atoms with Crippen molar-refractivity contribution in [2.24, 2.45) is 0 Å². The van der Waals surface area contributed by atoms with E-state index in [2.05, 4.69) is 31.0 Å². The summed E-state index contributed by atoms with van der Waals surface area (Å²) in [4.78, 5) is 3.18. The number of hydrogen-bond acceptors (Lipinski definition) is 5.